The molecule has 0 N–H and O–H groups in total. The molecule has 6 nitrogen and oxygen atoms in total. The summed E-state index contributed by atoms with van der Waals surface area (Å²) in [6.45, 7) is 8.25. The van der Waals surface area contributed by atoms with Crippen molar-refractivity contribution in [3.8, 4) is 11.3 Å². The summed E-state index contributed by atoms with van der Waals surface area (Å²) in [4.78, 5) is 19.2. The Bertz CT molecular complexity index is 1060. The van der Waals surface area contributed by atoms with Crippen LogP contribution < -0.4 is 4.90 Å². The molecular formula is C20H21Cl2N5OS2. The number of hydrogen-bond donors (Lipinski definition) is 0. The number of halogens is 2. The van der Waals surface area contributed by atoms with Gasteiger partial charge in [0.05, 0.1) is 21.5 Å². The van der Waals surface area contributed by atoms with E-state index < -0.39 is 0 Å². The summed E-state index contributed by atoms with van der Waals surface area (Å²) in [6, 6.07) is 5.34. The van der Waals surface area contributed by atoms with Crippen molar-refractivity contribution < 1.29 is 4.79 Å². The van der Waals surface area contributed by atoms with Crippen LogP contribution in [0, 0.1) is 0 Å². The third kappa shape index (κ3) is 5.06. The van der Waals surface area contributed by atoms with Gasteiger partial charge >= 0.3 is 0 Å². The second kappa shape index (κ2) is 9.96. The molecule has 1 amide bonds. The first-order chi connectivity index (χ1) is 14.3. The highest BCUT2D eigenvalue weighted by Gasteiger charge is 2.21. The van der Waals surface area contributed by atoms with Crippen LogP contribution in [0.5, 0.6) is 0 Å². The van der Waals surface area contributed by atoms with Gasteiger partial charge in [0, 0.05) is 30.5 Å². The van der Waals surface area contributed by atoms with Gasteiger partial charge in [0.1, 0.15) is 5.82 Å². The molecule has 0 radical (unpaired) electrons. The number of nitrogens with zero attached hydrogens (tertiary/aromatic N) is 5. The molecule has 0 saturated carbocycles. The molecule has 0 aliphatic heterocycles. The standard InChI is InChI=1S/C20H21Cl2N5OS2/c1-5-8-27(17(28)11-30-20-25-24-18(12(2)3)26(20)4)19-23-16(10-29-19)13-6-7-14(21)15(22)9-13/h5-7,9-10,12H,1,8,11H2,2-4H3. The normalized spacial score (nSPS) is 11.1. The van der Waals surface area contributed by atoms with Gasteiger partial charge in [0.15, 0.2) is 10.3 Å². The highest BCUT2D eigenvalue weighted by Crippen LogP contribution is 2.32. The van der Waals surface area contributed by atoms with Gasteiger partial charge in [-0.05, 0) is 12.1 Å². The maximum atomic E-state index is 12.9. The average molecular weight is 482 g/mol. The summed E-state index contributed by atoms with van der Waals surface area (Å²) in [6.07, 6.45) is 1.68. The van der Waals surface area contributed by atoms with Gasteiger partial charge in [-0.3, -0.25) is 9.69 Å². The molecule has 2 aromatic heterocycles. The summed E-state index contributed by atoms with van der Waals surface area (Å²) in [5, 5.41) is 12.5. The Morgan fingerprint density at radius 3 is 2.73 bits per heavy atom. The van der Waals surface area contributed by atoms with Gasteiger partial charge in [-0.25, -0.2) is 4.98 Å². The molecule has 158 valence electrons. The van der Waals surface area contributed by atoms with Crippen LogP contribution >= 0.6 is 46.3 Å². The van der Waals surface area contributed by atoms with Crippen molar-refractivity contribution in [2.75, 3.05) is 17.2 Å². The Morgan fingerprint density at radius 1 is 1.33 bits per heavy atom. The zero-order chi connectivity index (χ0) is 21.8. The topological polar surface area (TPSA) is 63.9 Å². The number of benzene rings is 1. The molecular weight excluding hydrogens is 461 g/mol. The monoisotopic (exact) mass is 481 g/mol. The summed E-state index contributed by atoms with van der Waals surface area (Å²) in [7, 11) is 1.91. The summed E-state index contributed by atoms with van der Waals surface area (Å²) >= 11 is 14.9. The van der Waals surface area contributed by atoms with E-state index in [0.717, 1.165) is 17.1 Å². The van der Waals surface area contributed by atoms with Crippen molar-refractivity contribution >= 4 is 57.3 Å². The van der Waals surface area contributed by atoms with Crippen LogP contribution in [0.2, 0.25) is 10.0 Å². The molecule has 2 heterocycles. The molecule has 1 aromatic carbocycles. The number of rotatable bonds is 8. The second-order valence-electron chi connectivity index (χ2n) is 6.78. The first-order valence-corrected chi connectivity index (χ1v) is 11.8. The first kappa shape index (κ1) is 22.8. The number of anilines is 1. The predicted molar refractivity (Wildman–Crippen MR) is 126 cm³/mol. The lowest BCUT2D eigenvalue weighted by molar-refractivity contribution is -0.116. The van der Waals surface area contributed by atoms with E-state index in [1.165, 1.54) is 23.1 Å². The lowest BCUT2D eigenvalue weighted by Gasteiger charge is -2.17. The van der Waals surface area contributed by atoms with Crippen molar-refractivity contribution in [1.82, 2.24) is 19.7 Å². The smallest absolute Gasteiger partial charge is 0.239 e. The number of amides is 1. The SMILES string of the molecule is C=CCN(C(=O)CSc1nnc(C(C)C)n1C)c1nc(-c2ccc(Cl)c(Cl)c2)cs1. The Labute approximate surface area is 193 Å². The average Bonchev–Trinajstić information content (AvgIpc) is 3.33. The van der Waals surface area contributed by atoms with Crippen LogP contribution in [0.15, 0.2) is 41.4 Å². The molecule has 0 aliphatic rings. The molecule has 10 heteroatoms. The van der Waals surface area contributed by atoms with Crippen molar-refractivity contribution in [3.05, 3.63) is 52.1 Å². The Kier molecular flexibility index (Phi) is 7.57. The van der Waals surface area contributed by atoms with Gasteiger partial charge < -0.3 is 4.57 Å². The van der Waals surface area contributed by atoms with Crippen LogP contribution in [0.25, 0.3) is 11.3 Å². The van der Waals surface area contributed by atoms with E-state index in [1.54, 1.807) is 23.1 Å². The Balaban J connectivity index is 1.75. The fraction of sp³-hybridized carbons (Fsp3) is 0.300. The maximum Gasteiger partial charge on any atom is 0.239 e. The molecule has 3 aromatic rings. The summed E-state index contributed by atoms with van der Waals surface area (Å²) in [5.41, 5.74) is 1.57. The maximum absolute atomic E-state index is 12.9. The molecule has 0 saturated heterocycles. The van der Waals surface area contributed by atoms with Gasteiger partial charge in [-0.15, -0.1) is 28.1 Å². The number of hydrogen-bond acceptors (Lipinski definition) is 6. The number of carbonyl (C=O) groups is 1. The van der Waals surface area contributed by atoms with E-state index in [1.807, 2.05) is 23.1 Å². The zero-order valence-corrected chi connectivity index (χ0v) is 19.9. The number of thiazole rings is 1. The van der Waals surface area contributed by atoms with Crippen molar-refractivity contribution in [2.45, 2.75) is 24.9 Å². The number of carbonyl (C=O) groups excluding carboxylic acids is 1. The van der Waals surface area contributed by atoms with Gasteiger partial charge in [0.25, 0.3) is 0 Å². The quantitative estimate of drug-likeness (QED) is 0.305. The second-order valence-corrected chi connectivity index (χ2v) is 9.37. The number of thioether (sulfide) groups is 1. The van der Waals surface area contributed by atoms with Crippen LogP contribution in [-0.4, -0.2) is 38.0 Å². The Morgan fingerprint density at radius 2 is 2.10 bits per heavy atom. The van der Waals surface area contributed by atoms with E-state index >= 15 is 0 Å². The minimum Gasteiger partial charge on any atom is -0.309 e. The van der Waals surface area contributed by atoms with Crippen LogP contribution in [-0.2, 0) is 11.8 Å². The molecule has 30 heavy (non-hydrogen) atoms. The van der Waals surface area contributed by atoms with E-state index in [0.29, 0.717) is 26.9 Å². The third-order valence-corrected chi connectivity index (χ3v) is 6.87. The van der Waals surface area contributed by atoms with E-state index in [9.17, 15) is 4.79 Å². The van der Waals surface area contributed by atoms with Crippen molar-refractivity contribution in [3.63, 3.8) is 0 Å². The first-order valence-electron chi connectivity index (χ1n) is 9.16. The molecule has 0 fully saturated rings. The van der Waals surface area contributed by atoms with E-state index in [-0.39, 0.29) is 17.6 Å². The van der Waals surface area contributed by atoms with E-state index in [4.69, 9.17) is 23.2 Å². The van der Waals surface area contributed by atoms with Gasteiger partial charge in [-0.1, -0.05) is 61.0 Å². The molecule has 3 rings (SSSR count). The highest BCUT2D eigenvalue weighted by molar-refractivity contribution is 7.99. The minimum absolute atomic E-state index is 0.0796. The summed E-state index contributed by atoms with van der Waals surface area (Å²) in [5.74, 6) is 1.29. The van der Waals surface area contributed by atoms with Crippen molar-refractivity contribution in [1.29, 1.82) is 0 Å². The fourth-order valence-corrected chi connectivity index (χ4v) is 4.70. The Hall–Kier alpha value is -1.87. The number of aromatic nitrogens is 4. The highest BCUT2D eigenvalue weighted by atomic mass is 35.5. The van der Waals surface area contributed by atoms with Crippen LogP contribution in [0.4, 0.5) is 5.13 Å². The predicted octanol–water partition coefficient (Wildman–Crippen LogP) is 5.68. The minimum atomic E-state index is -0.0796. The fourth-order valence-electron chi connectivity index (χ4n) is 2.75. The third-order valence-electron chi connectivity index (χ3n) is 4.26. The van der Waals surface area contributed by atoms with Gasteiger partial charge in [0.2, 0.25) is 5.91 Å². The molecule has 0 atom stereocenters. The lowest BCUT2D eigenvalue weighted by atomic mass is 10.2. The molecule has 0 unspecified atom stereocenters. The summed E-state index contributed by atoms with van der Waals surface area (Å²) < 4.78 is 1.92. The van der Waals surface area contributed by atoms with Crippen LogP contribution in [0.3, 0.4) is 0 Å². The van der Waals surface area contributed by atoms with Crippen LogP contribution in [0.1, 0.15) is 25.6 Å². The largest absolute Gasteiger partial charge is 0.309 e. The van der Waals surface area contributed by atoms with Gasteiger partial charge in [-0.2, -0.15) is 0 Å². The molecule has 0 bridgehead atoms. The molecule has 0 spiro atoms. The zero-order valence-electron chi connectivity index (χ0n) is 16.8. The van der Waals surface area contributed by atoms with Crippen molar-refractivity contribution in [2.24, 2.45) is 7.05 Å². The molecule has 0 aliphatic carbocycles. The lowest BCUT2D eigenvalue weighted by Crippen LogP contribution is -2.32. The van der Waals surface area contributed by atoms with E-state index in [2.05, 4.69) is 35.6 Å².